The van der Waals surface area contributed by atoms with Gasteiger partial charge in [0, 0.05) is 0 Å². The van der Waals surface area contributed by atoms with E-state index in [1.807, 2.05) is 0 Å². The summed E-state index contributed by atoms with van der Waals surface area (Å²) in [6, 6.07) is 21.3. The molecule has 25 heavy (non-hydrogen) atoms. The molecule has 1 nitrogen and oxygen atoms in total. The van der Waals surface area contributed by atoms with Gasteiger partial charge in [-0.1, -0.05) is 72.8 Å². The van der Waals surface area contributed by atoms with Gasteiger partial charge in [-0.25, -0.2) is 0 Å². The van der Waals surface area contributed by atoms with E-state index >= 15 is 0 Å². The Labute approximate surface area is 158 Å². The molecule has 1 aliphatic heterocycles. The first-order valence-electron chi connectivity index (χ1n) is 9.15. The Morgan fingerprint density at radius 3 is 1.52 bits per heavy atom. The average Bonchev–Trinajstić information content (AvgIpc) is 2.64. The summed E-state index contributed by atoms with van der Waals surface area (Å²) in [4.78, 5) is 0. The van der Waals surface area contributed by atoms with E-state index in [2.05, 4.69) is 85.0 Å². The lowest BCUT2D eigenvalue weighted by molar-refractivity contribution is -0.921. The lowest BCUT2D eigenvalue weighted by Crippen LogP contribution is -3.00. The van der Waals surface area contributed by atoms with Crippen molar-refractivity contribution in [3.05, 3.63) is 83.9 Å². The van der Waals surface area contributed by atoms with Crippen molar-refractivity contribution in [2.45, 2.75) is 19.3 Å². The number of halogens is 1. The van der Waals surface area contributed by atoms with Crippen LogP contribution < -0.4 is 12.4 Å². The van der Waals surface area contributed by atoms with Crippen molar-refractivity contribution < 1.29 is 16.9 Å². The minimum Gasteiger partial charge on any atom is -1.00 e. The highest BCUT2D eigenvalue weighted by Crippen LogP contribution is 2.20. The second kappa shape index (κ2) is 10.2. The molecule has 0 aromatic heterocycles. The maximum atomic E-state index is 2.37. The Morgan fingerprint density at radius 2 is 1.08 bits per heavy atom. The molecular formula is C23H28ClN. The van der Waals surface area contributed by atoms with Crippen LogP contribution in [-0.2, 0) is 0 Å². The Balaban J connectivity index is 0.00000225. The van der Waals surface area contributed by atoms with Crippen LogP contribution in [0.25, 0.3) is 12.2 Å². The molecule has 1 heterocycles. The van der Waals surface area contributed by atoms with E-state index in [1.165, 1.54) is 48.0 Å². The molecule has 0 radical (unpaired) electrons. The number of hydrogen-bond acceptors (Lipinski definition) is 0. The van der Waals surface area contributed by atoms with Gasteiger partial charge >= 0.3 is 0 Å². The van der Waals surface area contributed by atoms with Crippen LogP contribution in [0.4, 0.5) is 0 Å². The summed E-state index contributed by atoms with van der Waals surface area (Å²) in [6.07, 6.45) is 13.4. The Kier molecular flexibility index (Phi) is 7.97. The third kappa shape index (κ3) is 6.19. The van der Waals surface area contributed by atoms with Crippen LogP contribution in [0.3, 0.4) is 0 Å². The van der Waals surface area contributed by atoms with Crippen LogP contribution in [0.2, 0.25) is 0 Å². The zero-order valence-corrected chi connectivity index (χ0v) is 15.6. The van der Waals surface area contributed by atoms with Crippen molar-refractivity contribution >= 4 is 12.2 Å². The zero-order valence-electron chi connectivity index (χ0n) is 14.9. The Hall–Kier alpha value is -1.83. The van der Waals surface area contributed by atoms with Crippen molar-refractivity contribution in [2.24, 2.45) is 0 Å². The highest BCUT2D eigenvalue weighted by molar-refractivity contribution is 5.49. The molecule has 0 bridgehead atoms. The minimum atomic E-state index is 0. The first-order chi connectivity index (χ1) is 11.9. The molecule has 0 unspecified atom stereocenters. The number of rotatable bonds is 6. The number of likely N-dealkylation sites (tertiary alicyclic amines) is 1. The molecule has 2 heteroatoms. The number of nitrogens with zero attached hydrogens (tertiary/aromatic N) is 1. The van der Waals surface area contributed by atoms with Crippen LogP contribution in [0.5, 0.6) is 0 Å². The number of quaternary nitrogens is 1. The molecular weight excluding hydrogens is 326 g/mol. The first-order valence-corrected chi connectivity index (χ1v) is 9.15. The zero-order chi connectivity index (χ0) is 16.5. The fourth-order valence-electron chi connectivity index (χ4n) is 3.58. The van der Waals surface area contributed by atoms with Crippen molar-refractivity contribution in [1.29, 1.82) is 0 Å². The van der Waals surface area contributed by atoms with Gasteiger partial charge in [-0.15, -0.1) is 0 Å². The van der Waals surface area contributed by atoms with E-state index in [0.717, 1.165) is 13.1 Å². The van der Waals surface area contributed by atoms with E-state index < -0.39 is 0 Å². The van der Waals surface area contributed by atoms with Gasteiger partial charge in [0.05, 0.1) is 26.2 Å². The average molecular weight is 354 g/mol. The molecule has 1 aliphatic rings. The fourth-order valence-corrected chi connectivity index (χ4v) is 3.58. The third-order valence-electron chi connectivity index (χ3n) is 4.97. The van der Waals surface area contributed by atoms with Gasteiger partial charge < -0.3 is 16.9 Å². The lowest BCUT2D eigenvalue weighted by Gasteiger charge is -2.40. The van der Waals surface area contributed by atoms with Crippen molar-refractivity contribution in [2.75, 3.05) is 26.2 Å². The van der Waals surface area contributed by atoms with Crippen molar-refractivity contribution in [1.82, 2.24) is 0 Å². The van der Waals surface area contributed by atoms with Gasteiger partial charge in [0.2, 0.25) is 0 Å². The van der Waals surface area contributed by atoms with E-state index in [1.54, 1.807) is 0 Å². The molecule has 2 aromatic carbocycles. The smallest absolute Gasteiger partial charge is 0.0979 e. The summed E-state index contributed by atoms with van der Waals surface area (Å²) in [5.41, 5.74) is 2.60. The van der Waals surface area contributed by atoms with Crippen LogP contribution in [0, 0.1) is 0 Å². The summed E-state index contributed by atoms with van der Waals surface area (Å²) in [5, 5.41) is 0. The van der Waals surface area contributed by atoms with Gasteiger partial charge in [-0.3, -0.25) is 0 Å². The van der Waals surface area contributed by atoms with E-state index in [-0.39, 0.29) is 12.4 Å². The van der Waals surface area contributed by atoms with Crippen molar-refractivity contribution in [3.8, 4) is 0 Å². The standard InChI is InChI=1S/C23H28N.ClH/c1-4-12-22(13-5-1)16-10-20-24(18-8-3-9-19-24)21-11-17-23-14-6-2-7-15-23;/h1-2,4-7,10-17H,3,8-9,18-21H2;1H/q+1;/p-1. The fraction of sp³-hybridized carbons (Fsp3) is 0.304. The molecule has 0 amide bonds. The van der Waals surface area contributed by atoms with E-state index in [9.17, 15) is 0 Å². The van der Waals surface area contributed by atoms with Gasteiger partial charge in [0.15, 0.2) is 0 Å². The second-order valence-electron chi connectivity index (χ2n) is 6.84. The minimum absolute atomic E-state index is 0. The predicted molar refractivity (Wildman–Crippen MR) is 105 cm³/mol. The van der Waals surface area contributed by atoms with Crippen LogP contribution in [-0.4, -0.2) is 30.7 Å². The summed E-state index contributed by atoms with van der Waals surface area (Å²) in [6.45, 7) is 4.87. The van der Waals surface area contributed by atoms with Crippen LogP contribution in [0.1, 0.15) is 30.4 Å². The van der Waals surface area contributed by atoms with E-state index in [4.69, 9.17) is 0 Å². The Bertz CT molecular complexity index is 602. The highest BCUT2D eigenvalue weighted by atomic mass is 35.5. The molecule has 0 N–H and O–H groups in total. The molecule has 0 saturated carbocycles. The SMILES string of the molecule is C(=Cc1ccccc1)C[N+]1(CC=Cc2ccccc2)CCCCC1.[Cl-]. The molecule has 3 rings (SSSR count). The van der Waals surface area contributed by atoms with Crippen LogP contribution in [0.15, 0.2) is 72.8 Å². The third-order valence-corrected chi connectivity index (χ3v) is 4.97. The van der Waals surface area contributed by atoms with Crippen molar-refractivity contribution in [3.63, 3.8) is 0 Å². The largest absolute Gasteiger partial charge is 1.00 e. The van der Waals surface area contributed by atoms with Gasteiger partial charge in [0.1, 0.15) is 0 Å². The lowest BCUT2D eigenvalue weighted by atomic mass is 10.1. The number of piperidine rings is 1. The summed E-state index contributed by atoms with van der Waals surface area (Å²) in [7, 11) is 0. The summed E-state index contributed by atoms with van der Waals surface area (Å²) < 4.78 is 1.20. The topological polar surface area (TPSA) is 0 Å². The number of benzene rings is 2. The highest BCUT2D eigenvalue weighted by Gasteiger charge is 2.27. The molecule has 0 aliphatic carbocycles. The summed E-state index contributed by atoms with van der Waals surface area (Å²) in [5.74, 6) is 0. The molecule has 132 valence electrons. The monoisotopic (exact) mass is 353 g/mol. The molecule has 1 saturated heterocycles. The molecule has 0 spiro atoms. The second-order valence-corrected chi connectivity index (χ2v) is 6.84. The maximum absolute atomic E-state index is 2.37. The molecule has 2 aromatic rings. The molecule has 0 atom stereocenters. The summed E-state index contributed by atoms with van der Waals surface area (Å²) >= 11 is 0. The predicted octanol–water partition coefficient (Wildman–Crippen LogP) is 2.42. The Morgan fingerprint density at radius 1 is 0.640 bits per heavy atom. The van der Waals surface area contributed by atoms with Gasteiger partial charge in [0.25, 0.3) is 0 Å². The van der Waals surface area contributed by atoms with E-state index in [0.29, 0.717) is 0 Å². The van der Waals surface area contributed by atoms with Gasteiger partial charge in [-0.2, -0.15) is 0 Å². The van der Waals surface area contributed by atoms with Gasteiger partial charge in [-0.05, 0) is 42.5 Å². The normalized spacial score (nSPS) is 16.8. The number of hydrogen-bond donors (Lipinski definition) is 0. The quantitative estimate of drug-likeness (QED) is 0.700. The maximum Gasteiger partial charge on any atom is 0.0979 e. The molecule has 1 fully saturated rings. The first kappa shape index (κ1) is 19.5. The van der Waals surface area contributed by atoms with Crippen LogP contribution >= 0.6 is 0 Å².